The van der Waals surface area contributed by atoms with Gasteiger partial charge in [0.25, 0.3) is 0 Å². The van der Waals surface area contributed by atoms with Crippen LogP contribution in [0.1, 0.15) is 16.4 Å². The number of carbonyl (C=O) groups excluding carboxylic acids is 1. The summed E-state index contributed by atoms with van der Waals surface area (Å²) < 4.78 is 40.5. The molecule has 2 aromatic heterocycles. The van der Waals surface area contributed by atoms with Gasteiger partial charge in [-0.1, -0.05) is 53.7 Å². The van der Waals surface area contributed by atoms with Crippen LogP contribution in [0.5, 0.6) is 0 Å². The molecule has 10 heteroatoms. The number of hydrogen-bond acceptors (Lipinski definition) is 4. The normalized spacial score (nSPS) is 13.0. The van der Waals surface area contributed by atoms with Crippen molar-refractivity contribution in [3.63, 3.8) is 0 Å². The van der Waals surface area contributed by atoms with Crippen molar-refractivity contribution in [1.82, 2.24) is 19.5 Å². The van der Waals surface area contributed by atoms with Gasteiger partial charge < -0.3 is 4.90 Å². The molecule has 142 valence electrons. The van der Waals surface area contributed by atoms with Gasteiger partial charge in [-0.15, -0.1) is 10.2 Å². The summed E-state index contributed by atoms with van der Waals surface area (Å²) in [4.78, 5) is 14.1. The van der Waals surface area contributed by atoms with E-state index in [0.29, 0.717) is 5.56 Å². The van der Waals surface area contributed by atoms with Gasteiger partial charge in [-0.25, -0.2) is 0 Å². The van der Waals surface area contributed by atoms with Crippen LogP contribution < -0.4 is 0 Å². The van der Waals surface area contributed by atoms with E-state index < -0.39 is 17.0 Å². The number of alkyl halides is 3. The molecular weight excluding hydrogens is 401 g/mol. The molecule has 0 saturated heterocycles. The van der Waals surface area contributed by atoms with E-state index in [0.717, 1.165) is 28.4 Å². The summed E-state index contributed by atoms with van der Waals surface area (Å²) >= 11 is 6.95. The summed E-state index contributed by atoms with van der Waals surface area (Å²) in [5.74, 6) is -0.221. The average molecular weight is 415 g/mol. The zero-order valence-corrected chi connectivity index (χ0v) is 15.8. The Kier molecular flexibility index (Phi) is 5.34. The van der Waals surface area contributed by atoms with Crippen molar-refractivity contribution >= 4 is 34.9 Å². The molecule has 1 unspecified atom stereocenters. The Labute approximate surface area is 162 Å². The van der Waals surface area contributed by atoms with Crippen LogP contribution in [0, 0.1) is 0 Å². The molecule has 0 spiro atoms. The minimum atomic E-state index is -4.57. The van der Waals surface area contributed by atoms with Crippen molar-refractivity contribution in [3.05, 3.63) is 58.7 Å². The van der Waals surface area contributed by atoms with Gasteiger partial charge in [-0.3, -0.25) is 9.20 Å². The summed E-state index contributed by atoms with van der Waals surface area (Å²) in [5.41, 5.74) is -0.121. The van der Waals surface area contributed by atoms with Gasteiger partial charge >= 0.3 is 6.18 Å². The first-order valence-electron chi connectivity index (χ1n) is 7.72. The maximum Gasteiger partial charge on any atom is 0.417 e. The summed E-state index contributed by atoms with van der Waals surface area (Å²) in [6.07, 6.45) is -3.69. The quantitative estimate of drug-likeness (QED) is 0.596. The Morgan fingerprint density at radius 3 is 2.48 bits per heavy atom. The topological polar surface area (TPSA) is 50.5 Å². The third-order valence-electron chi connectivity index (χ3n) is 3.75. The first-order chi connectivity index (χ1) is 12.7. The highest BCUT2D eigenvalue weighted by molar-refractivity contribution is 8.00. The fourth-order valence-corrected chi connectivity index (χ4v) is 3.80. The predicted molar refractivity (Wildman–Crippen MR) is 96.7 cm³/mol. The molecule has 1 aromatic carbocycles. The van der Waals surface area contributed by atoms with E-state index in [1.165, 1.54) is 4.90 Å². The summed E-state index contributed by atoms with van der Waals surface area (Å²) in [6.45, 7) is 0. The Morgan fingerprint density at radius 2 is 1.89 bits per heavy atom. The number of rotatable bonds is 4. The molecule has 0 aliphatic heterocycles. The van der Waals surface area contributed by atoms with Crippen LogP contribution >= 0.6 is 23.4 Å². The molecule has 0 N–H and O–H groups in total. The van der Waals surface area contributed by atoms with Gasteiger partial charge in [0.05, 0.1) is 10.6 Å². The molecule has 0 aliphatic carbocycles. The van der Waals surface area contributed by atoms with Crippen LogP contribution in [0.3, 0.4) is 0 Å². The number of amides is 1. The summed E-state index contributed by atoms with van der Waals surface area (Å²) in [7, 11) is 3.22. The second-order valence-electron chi connectivity index (χ2n) is 5.89. The smallest absolute Gasteiger partial charge is 0.348 e. The van der Waals surface area contributed by atoms with Crippen molar-refractivity contribution in [2.24, 2.45) is 0 Å². The molecule has 0 fully saturated rings. The number of carbonyl (C=O) groups is 1. The monoisotopic (exact) mass is 414 g/mol. The maximum absolute atomic E-state index is 13.1. The molecule has 0 saturated carbocycles. The predicted octanol–water partition coefficient (Wildman–Crippen LogP) is 4.32. The molecule has 1 amide bonds. The molecule has 3 aromatic rings. The maximum atomic E-state index is 13.1. The van der Waals surface area contributed by atoms with E-state index in [2.05, 4.69) is 10.2 Å². The average Bonchev–Trinajstić information content (AvgIpc) is 3.02. The highest BCUT2D eigenvalue weighted by Crippen LogP contribution is 2.38. The van der Waals surface area contributed by atoms with Crippen LogP contribution in [-0.4, -0.2) is 39.5 Å². The van der Waals surface area contributed by atoms with Gasteiger partial charge in [-0.2, -0.15) is 13.2 Å². The molecule has 1 atom stereocenters. The van der Waals surface area contributed by atoms with Gasteiger partial charge in [0.1, 0.15) is 5.25 Å². The molecule has 0 radical (unpaired) electrons. The fourth-order valence-electron chi connectivity index (χ4n) is 2.40. The number of fused-ring (bicyclic) bond motifs is 1. The number of benzene rings is 1. The van der Waals surface area contributed by atoms with E-state index in [4.69, 9.17) is 11.6 Å². The SMILES string of the molecule is CN(C)C(=O)C(Sc1nnc2c(Cl)cc(C(F)(F)F)cn12)c1ccccc1. The first-order valence-corrected chi connectivity index (χ1v) is 8.98. The second kappa shape index (κ2) is 7.40. The van der Waals surface area contributed by atoms with Gasteiger partial charge in [0, 0.05) is 20.3 Å². The zero-order chi connectivity index (χ0) is 19.8. The van der Waals surface area contributed by atoms with Crippen LogP contribution in [0.25, 0.3) is 5.65 Å². The van der Waals surface area contributed by atoms with Crippen LogP contribution in [0.15, 0.2) is 47.8 Å². The third kappa shape index (κ3) is 4.03. The lowest BCUT2D eigenvalue weighted by molar-refractivity contribution is -0.138. The first kappa shape index (κ1) is 19.5. The Bertz CT molecular complexity index is 975. The van der Waals surface area contributed by atoms with Crippen LogP contribution in [0.4, 0.5) is 13.2 Å². The lowest BCUT2D eigenvalue weighted by atomic mass is 10.1. The van der Waals surface area contributed by atoms with Crippen LogP contribution in [-0.2, 0) is 11.0 Å². The van der Waals surface area contributed by atoms with Gasteiger partial charge in [0.15, 0.2) is 10.8 Å². The molecular formula is C17H14ClF3N4OS. The molecule has 0 bridgehead atoms. The number of pyridine rings is 1. The van der Waals surface area contributed by atoms with Crippen molar-refractivity contribution in [3.8, 4) is 0 Å². The lowest BCUT2D eigenvalue weighted by Gasteiger charge is -2.20. The van der Waals surface area contributed by atoms with E-state index in [9.17, 15) is 18.0 Å². The van der Waals surface area contributed by atoms with Gasteiger partial charge in [0.2, 0.25) is 5.91 Å². The second-order valence-corrected chi connectivity index (χ2v) is 7.37. The molecule has 0 aliphatic rings. The minimum absolute atomic E-state index is 0.0938. The molecule has 5 nitrogen and oxygen atoms in total. The van der Waals surface area contributed by atoms with E-state index >= 15 is 0 Å². The third-order valence-corrected chi connectivity index (χ3v) is 5.22. The van der Waals surface area contributed by atoms with E-state index in [-0.39, 0.29) is 21.7 Å². The number of thioether (sulfide) groups is 1. The van der Waals surface area contributed by atoms with Crippen LogP contribution in [0.2, 0.25) is 5.02 Å². The lowest BCUT2D eigenvalue weighted by Crippen LogP contribution is -2.26. The standard InChI is InChI=1S/C17H14ClF3N4OS/c1-24(2)15(26)13(10-6-4-3-5-7-10)27-16-23-22-14-12(18)8-11(9-25(14)16)17(19,20)21/h3-9,13H,1-2H3. The van der Waals surface area contributed by atoms with Crippen molar-refractivity contribution in [2.75, 3.05) is 14.1 Å². The highest BCUT2D eigenvalue weighted by atomic mass is 35.5. The van der Waals surface area contributed by atoms with Crippen molar-refractivity contribution < 1.29 is 18.0 Å². The number of likely N-dealkylation sites (N-methyl/N-ethyl adjacent to an activating group) is 1. The molecule has 27 heavy (non-hydrogen) atoms. The Balaban J connectivity index is 2.08. The van der Waals surface area contributed by atoms with Crippen molar-refractivity contribution in [2.45, 2.75) is 16.6 Å². The largest absolute Gasteiger partial charge is 0.417 e. The minimum Gasteiger partial charge on any atom is -0.348 e. The zero-order valence-electron chi connectivity index (χ0n) is 14.2. The number of halogens is 4. The molecule has 2 heterocycles. The fraction of sp³-hybridized carbons (Fsp3) is 0.235. The van der Waals surface area contributed by atoms with E-state index in [1.807, 2.05) is 6.07 Å². The Hall–Kier alpha value is -2.26. The number of nitrogens with zero attached hydrogens (tertiary/aromatic N) is 4. The van der Waals surface area contributed by atoms with Crippen molar-refractivity contribution in [1.29, 1.82) is 0 Å². The summed E-state index contributed by atoms with van der Waals surface area (Å²) in [5, 5.41) is 7.08. The molecule has 3 rings (SSSR count). The van der Waals surface area contributed by atoms with E-state index in [1.54, 1.807) is 38.4 Å². The van der Waals surface area contributed by atoms with Gasteiger partial charge in [-0.05, 0) is 11.6 Å². The Morgan fingerprint density at radius 1 is 1.22 bits per heavy atom. The number of aromatic nitrogens is 3. The highest BCUT2D eigenvalue weighted by Gasteiger charge is 2.33. The number of hydrogen-bond donors (Lipinski definition) is 0. The summed E-state index contributed by atoms with van der Waals surface area (Å²) in [6, 6.07) is 9.73.